The van der Waals surface area contributed by atoms with Gasteiger partial charge < -0.3 is 10.1 Å². The average Bonchev–Trinajstić information content (AvgIpc) is 2.83. The lowest BCUT2D eigenvalue weighted by Crippen LogP contribution is -2.39. The van der Waals surface area contributed by atoms with Crippen LogP contribution in [0.4, 0.5) is 11.4 Å². The van der Waals surface area contributed by atoms with Gasteiger partial charge in [0.1, 0.15) is 12.3 Å². The van der Waals surface area contributed by atoms with Crippen LogP contribution in [0, 0.1) is 0 Å². The molecule has 0 spiro atoms. The molecule has 0 aliphatic carbocycles. The van der Waals surface area contributed by atoms with Gasteiger partial charge in [-0.05, 0) is 66.2 Å². The molecule has 37 heavy (non-hydrogen) atoms. The summed E-state index contributed by atoms with van der Waals surface area (Å²) in [5.41, 5.74) is 3.53. The van der Waals surface area contributed by atoms with Crippen molar-refractivity contribution in [2.45, 2.75) is 0 Å². The van der Waals surface area contributed by atoms with Crippen LogP contribution in [0.3, 0.4) is 0 Å². The van der Waals surface area contributed by atoms with E-state index >= 15 is 0 Å². The first-order valence-electron chi connectivity index (χ1n) is 10.5. The Labute approximate surface area is 229 Å². The van der Waals surface area contributed by atoms with Crippen molar-refractivity contribution >= 4 is 74.2 Å². The number of sulfonamides is 1. The van der Waals surface area contributed by atoms with E-state index in [9.17, 15) is 18.0 Å². The normalized spacial score (nSPS) is 11.2. The molecule has 194 valence electrons. The Bertz CT molecular complexity index is 1420. The quantitative estimate of drug-likeness (QED) is 0.268. The minimum absolute atomic E-state index is 0.0765. The van der Waals surface area contributed by atoms with Crippen molar-refractivity contribution < 1.29 is 22.7 Å². The topological polar surface area (TPSA) is 117 Å². The fourth-order valence-electron chi connectivity index (χ4n) is 2.96. The number of amides is 2. The van der Waals surface area contributed by atoms with Crippen molar-refractivity contribution in [1.29, 1.82) is 0 Å². The van der Waals surface area contributed by atoms with Crippen LogP contribution in [0.5, 0.6) is 5.75 Å². The molecule has 0 saturated carbocycles. The first-order valence-corrected chi connectivity index (χ1v) is 13.5. The van der Waals surface area contributed by atoms with Crippen molar-refractivity contribution in [2.75, 3.05) is 29.0 Å². The number of rotatable bonds is 10. The number of nitrogens with one attached hydrogen (secondary N) is 2. The number of hydrogen-bond acceptors (Lipinski definition) is 6. The molecule has 3 rings (SSSR count). The minimum atomic E-state index is -3.84. The summed E-state index contributed by atoms with van der Waals surface area (Å²) in [5.74, 6) is -0.592. The van der Waals surface area contributed by atoms with Crippen LogP contribution in [-0.4, -0.2) is 45.9 Å². The van der Waals surface area contributed by atoms with Crippen molar-refractivity contribution in [3.8, 4) is 5.75 Å². The molecule has 13 heteroatoms. The van der Waals surface area contributed by atoms with Gasteiger partial charge in [0.25, 0.3) is 11.8 Å². The Morgan fingerprint density at radius 1 is 0.973 bits per heavy atom. The fraction of sp³-hybridized carbons (Fsp3) is 0.125. The lowest BCUT2D eigenvalue weighted by molar-refractivity contribution is -0.119. The van der Waals surface area contributed by atoms with Crippen LogP contribution in [-0.2, 0) is 19.6 Å². The lowest BCUT2D eigenvalue weighted by atomic mass is 10.2. The van der Waals surface area contributed by atoms with Gasteiger partial charge in [0.05, 0.1) is 23.2 Å². The summed E-state index contributed by atoms with van der Waals surface area (Å²) >= 11 is 17.9. The first-order chi connectivity index (χ1) is 17.5. The van der Waals surface area contributed by atoms with Gasteiger partial charge in [0.15, 0.2) is 6.61 Å². The number of hydrogen-bond donors (Lipinski definition) is 2. The Morgan fingerprint density at radius 3 is 2.35 bits per heavy atom. The second-order valence-electron chi connectivity index (χ2n) is 7.57. The molecule has 2 N–H and O–H groups in total. The second kappa shape index (κ2) is 12.8. The van der Waals surface area contributed by atoms with E-state index in [1.54, 1.807) is 48.5 Å². The molecule has 0 bridgehead atoms. The van der Waals surface area contributed by atoms with Gasteiger partial charge in [-0.25, -0.2) is 13.8 Å². The average molecular weight is 584 g/mol. The Morgan fingerprint density at radius 2 is 1.68 bits per heavy atom. The molecule has 0 fully saturated rings. The molecule has 0 radical (unpaired) electrons. The number of hydrazone groups is 1. The van der Waals surface area contributed by atoms with Gasteiger partial charge in [-0.3, -0.25) is 13.9 Å². The highest BCUT2D eigenvalue weighted by atomic mass is 35.5. The molecule has 0 atom stereocenters. The molecule has 3 aromatic carbocycles. The Kier molecular flexibility index (Phi) is 9.76. The van der Waals surface area contributed by atoms with Crippen LogP contribution in [0.1, 0.15) is 5.56 Å². The summed E-state index contributed by atoms with van der Waals surface area (Å²) in [6.45, 7) is -0.760. The minimum Gasteiger partial charge on any atom is -0.484 e. The largest absolute Gasteiger partial charge is 0.484 e. The third-order valence-electron chi connectivity index (χ3n) is 4.63. The molecule has 0 saturated heterocycles. The summed E-state index contributed by atoms with van der Waals surface area (Å²) in [7, 11) is -3.84. The van der Waals surface area contributed by atoms with E-state index < -0.39 is 22.5 Å². The monoisotopic (exact) mass is 582 g/mol. The van der Waals surface area contributed by atoms with Crippen LogP contribution in [0.25, 0.3) is 0 Å². The molecular formula is C24H21Cl3N4O5S. The molecule has 9 nitrogen and oxygen atoms in total. The van der Waals surface area contributed by atoms with Gasteiger partial charge in [0.2, 0.25) is 10.0 Å². The predicted molar refractivity (Wildman–Crippen MR) is 146 cm³/mol. The maximum Gasteiger partial charge on any atom is 0.262 e. The van der Waals surface area contributed by atoms with E-state index in [1.807, 2.05) is 0 Å². The maximum atomic E-state index is 12.3. The number of carbonyl (C=O) groups excluding carboxylic acids is 2. The van der Waals surface area contributed by atoms with Crippen LogP contribution in [0.15, 0.2) is 71.8 Å². The van der Waals surface area contributed by atoms with Gasteiger partial charge in [0, 0.05) is 15.7 Å². The predicted octanol–water partition coefficient (Wildman–Crippen LogP) is 4.58. The number of halogens is 3. The molecule has 0 heterocycles. The van der Waals surface area contributed by atoms with Gasteiger partial charge in [-0.1, -0.05) is 40.9 Å². The maximum absolute atomic E-state index is 12.3. The van der Waals surface area contributed by atoms with Crippen LogP contribution in [0.2, 0.25) is 15.1 Å². The standard InChI is InChI=1S/C24H21Cl3N4O5S/c1-37(34,35)31(22-12-18(26)7-10-21(22)27)14-23(32)30-28-13-16-5-8-20(9-6-16)36-15-24(33)29-19-4-2-3-17(25)11-19/h2-13H,14-15H2,1H3,(H,29,33)(H,30,32)/b28-13-. The highest BCUT2D eigenvalue weighted by Crippen LogP contribution is 2.30. The van der Waals surface area contributed by atoms with E-state index in [0.29, 0.717) is 22.0 Å². The SMILES string of the molecule is CS(=O)(=O)N(CC(=O)N/N=C\c1ccc(OCC(=O)Nc2cccc(Cl)c2)cc1)c1cc(Cl)ccc1Cl. The summed E-state index contributed by atoms with van der Waals surface area (Å²) < 4.78 is 30.7. The van der Waals surface area contributed by atoms with E-state index in [-0.39, 0.29) is 28.2 Å². The van der Waals surface area contributed by atoms with Gasteiger partial charge in [-0.15, -0.1) is 0 Å². The number of anilines is 2. The highest BCUT2D eigenvalue weighted by Gasteiger charge is 2.23. The summed E-state index contributed by atoms with van der Waals surface area (Å²) in [6.07, 6.45) is 2.32. The Balaban J connectivity index is 1.52. The van der Waals surface area contributed by atoms with Crippen molar-refractivity contribution in [3.63, 3.8) is 0 Å². The third kappa shape index (κ3) is 8.94. The summed E-state index contributed by atoms with van der Waals surface area (Å²) in [6, 6.07) is 17.6. The third-order valence-corrected chi connectivity index (χ3v) is 6.54. The van der Waals surface area contributed by atoms with Crippen molar-refractivity contribution in [2.24, 2.45) is 5.10 Å². The number of ether oxygens (including phenoxy) is 1. The van der Waals surface area contributed by atoms with Crippen LogP contribution < -0.4 is 19.8 Å². The Hall–Kier alpha value is -3.31. The van der Waals surface area contributed by atoms with Gasteiger partial charge >= 0.3 is 0 Å². The summed E-state index contributed by atoms with van der Waals surface area (Å²) in [4.78, 5) is 24.4. The van der Waals surface area contributed by atoms with Crippen molar-refractivity contribution in [3.05, 3.63) is 87.4 Å². The smallest absolute Gasteiger partial charge is 0.262 e. The number of nitrogens with zero attached hydrogens (tertiary/aromatic N) is 2. The first kappa shape index (κ1) is 28.3. The van der Waals surface area contributed by atoms with E-state index in [1.165, 1.54) is 24.4 Å². The molecule has 0 aliphatic rings. The zero-order chi connectivity index (χ0) is 27.0. The summed E-state index contributed by atoms with van der Waals surface area (Å²) in [5, 5.41) is 7.41. The molecule has 3 aromatic rings. The van der Waals surface area contributed by atoms with Crippen molar-refractivity contribution in [1.82, 2.24) is 5.43 Å². The second-order valence-corrected chi connectivity index (χ2v) is 10.8. The number of carbonyl (C=O) groups is 2. The molecular weight excluding hydrogens is 563 g/mol. The fourth-order valence-corrected chi connectivity index (χ4v) is 4.45. The highest BCUT2D eigenvalue weighted by molar-refractivity contribution is 7.92. The van der Waals surface area contributed by atoms with Crippen LogP contribution >= 0.6 is 34.8 Å². The van der Waals surface area contributed by atoms with Gasteiger partial charge in [-0.2, -0.15) is 5.10 Å². The molecule has 0 unspecified atom stereocenters. The number of benzene rings is 3. The van der Waals surface area contributed by atoms with E-state index in [4.69, 9.17) is 39.5 Å². The molecule has 2 amide bonds. The van der Waals surface area contributed by atoms with E-state index in [0.717, 1.165) is 10.6 Å². The zero-order valence-electron chi connectivity index (χ0n) is 19.3. The lowest BCUT2D eigenvalue weighted by Gasteiger charge is -2.22. The zero-order valence-corrected chi connectivity index (χ0v) is 22.4. The molecule has 0 aromatic heterocycles. The molecule has 0 aliphatic heterocycles. The van der Waals surface area contributed by atoms with E-state index in [2.05, 4.69) is 15.8 Å².